The average molecular weight is 317 g/mol. The van der Waals surface area contributed by atoms with Gasteiger partial charge in [0.2, 0.25) is 0 Å². The summed E-state index contributed by atoms with van der Waals surface area (Å²) < 4.78 is 11.0. The first-order chi connectivity index (χ1) is 11.1. The number of aryl methyl sites for hydroxylation is 1. The third-order valence-electron chi connectivity index (χ3n) is 4.61. The fourth-order valence-electron chi connectivity index (χ4n) is 3.04. The van der Waals surface area contributed by atoms with Gasteiger partial charge in [0.1, 0.15) is 11.5 Å². The number of ketones is 1. The molecule has 0 bridgehead atoms. The molecular weight excluding hydrogens is 294 g/mol. The largest absolute Gasteiger partial charge is 0.493 e. The van der Waals surface area contributed by atoms with E-state index < -0.39 is 0 Å². The summed E-state index contributed by atoms with van der Waals surface area (Å²) in [5.41, 5.74) is 1.71. The third kappa shape index (κ3) is 3.72. The zero-order valence-corrected chi connectivity index (χ0v) is 13.5. The average Bonchev–Trinajstić information content (AvgIpc) is 2.66. The van der Waals surface area contributed by atoms with E-state index in [1.165, 1.54) is 0 Å². The first-order valence-corrected chi connectivity index (χ1v) is 8.30. The van der Waals surface area contributed by atoms with E-state index in [9.17, 15) is 9.59 Å². The lowest BCUT2D eigenvalue weighted by Crippen LogP contribution is -2.40. The number of hydrogen-bond acceptors (Lipinski definition) is 4. The van der Waals surface area contributed by atoms with E-state index in [4.69, 9.17) is 9.47 Å². The van der Waals surface area contributed by atoms with Gasteiger partial charge in [-0.3, -0.25) is 9.59 Å². The van der Waals surface area contributed by atoms with Gasteiger partial charge in [0.15, 0.2) is 0 Å². The quantitative estimate of drug-likeness (QED) is 0.796. The predicted octanol–water partition coefficient (Wildman–Crippen LogP) is 2.08. The smallest absolute Gasteiger partial charge is 0.254 e. The van der Waals surface area contributed by atoms with Crippen LogP contribution >= 0.6 is 0 Å². The number of Topliss-reactive ketones (excluding diaryl/α,β-unsaturated/α-hetero) is 1. The van der Waals surface area contributed by atoms with Gasteiger partial charge in [-0.15, -0.1) is 0 Å². The summed E-state index contributed by atoms with van der Waals surface area (Å²) in [7, 11) is 0. The summed E-state index contributed by atoms with van der Waals surface area (Å²) in [6.07, 6.45) is 2.01. The van der Waals surface area contributed by atoms with Crippen molar-refractivity contribution in [2.75, 3.05) is 32.9 Å². The van der Waals surface area contributed by atoms with Gasteiger partial charge < -0.3 is 14.4 Å². The topological polar surface area (TPSA) is 55.8 Å². The monoisotopic (exact) mass is 317 g/mol. The normalized spacial score (nSPS) is 22.4. The van der Waals surface area contributed by atoms with Crippen LogP contribution in [0.15, 0.2) is 18.2 Å². The molecule has 3 rings (SSSR count). The zero-order valence-electron chi connectivity index (χ0n) is 13.5. The molecule has 1 amide bonds. The number of amides is 1. The molecule has 1 unspecified atom stereocenters. The number of fused-ring (bicyclic) bond motifs is 1. The summed E-state index contributed by atoms with van der Waals surface area (Å²) in [6, 6.07) is 5.61. The second-order valence-corrected chi connectivity index (χ2v) is 6.23. The minimum absolute atomic E-state index is 0.0418. The maximum absolute atomic E-state index is 12.6. The van der Waals surface area contributed by atoms with Gasteiger partial charge in [-0.2, -0.15) is 0 Å². The first kappa shape index (κ1) is 16.0. The summed E-state index contributed by atoms with van der Waals surface area (Å²) in [5, 5.41) is 0. The van der Waals surface area contributed by atoms with Crippen LogP contribution in [-0.2, 0) is 16.0 Å². The van der Waals surface area contributed by atoms with Crippen molar-refractivity contribution in [3.8, 4) is 5.75 Å². The standard InChI is InChI=1S/C18H23NO4/c1-13-2-3-14-12-15(18(21)19-7-10-22-11-8-19)4-5-17(14)23-9-6-16(13)20/h4-5,12-13H,2-3,6-11H2,1H3. The molecule has 2 aliphatic heterocycles. The number of rotatable bonds is 1. The van der Waals surface area contributed by atoms with Crippen molar-refractivity contribution in [2.24, 2.45) is 5.92 Å². The molecule has 0 radical (unpaired) electrons. The van der Waals surface area contributed by atoms with E-state index in [0.717, 1.165) is 24.2 Å². The fraction of sp³-hybridized carbons (Fsp3) is 0.556. The van der Waals surface area contributed by atoms with Gasteiger partial charge in [-0.1, -0.05) is 6.92 Å². The van der Waals surface area contributed by atoms with E-state index in [1.807, 2.05) is 30.0 Å². The maximum Gasteiger partial charge on any atom is 0.254 e. The van der Waals surface area contributed by atoms with E-state index in [-0.39, 0.29) is 17.6 Å². The van der Waals surface area contributed by atoms with Crippen molar-refractivity contribution in [3.05, 3.63) is 29.3 Å². The van der Waals surface area contributed by atoms with Crippen LogP contribution in [0.5, 0.6) is 5.75 Å². The molecule has 23 heavy (non-hydrogen) atoms. The Kier molecular flexibility index (Phi) is 4.96. The Labute approximate surface area is 136 Å². The van der Waals surface area contributed by atoms with Crippen molar-refractivity contribution >= 4 is 11.7 Å². The molecular formula is C18H23NO4. The van der Waals surface area contributed by atoms with Gasteiger partial charge >= 0.3 is 0 Å². The Hall–Kier alpha value is -1.88. The van der Waals surface area contributed by atoms with Gasteiger partial charge in [-0.25, -0.2) is 0 Å². The highest BCUT2D eigenvalue weighted by atomic mass is 16.5. The molecule has 0 spiro atoms. The molecule has 2 aliphatic rings. The number of morpholine rings is 1. The first-order valence-electron chi connectivity index (χ1n) is 8.30. The lowest BCUT2D eigenvalue weighted by molar-refractivity contribution is -0.122. The van der Waals surface area contributed by atoms with Crippen molar-refractivity contribution in [2.45, 2.75) is 26.2 Å². The number of carbonyl (C=O) groups excluding carboxylic acids is 2. The minimum Gasteiger partial charge on any atom is -0.493 e. The number of ether oxygens (including phenoxy) is 2. The van der Waals surface area contributed by atoms with Crippen molar-refractivity contribution in [1.29, 1.82) is 0 Å². The Morgan fingerprint density at radius 1 is 1.17 bits per heavy atom. The Balaban J connectivity index is 1.80. The van der Waals surface area contributed by atoms with Crippen LogP contribution in [0.3, 0.4) is 0 Å². The van der Waals surface area contributed by atoms with Gasteiger partial charge in [0.05, 0.1) is 19.8 Å². The van der Waals surface area contributed by atoms with Crippen LogP contribution in [0, 0.1) is 5.92 Å². The number of benzene rings is 1. The van der Waals surface area contributed by atoms with Crippen LogP contribution in [0.2, 0.25) is 0 Å². The number of carbonyl (C=O) groups is 2. The molecule has 0 N–H and O–H groups in total. The van der Waals surface area contributed by atoms with Crippen LogP contribution < -0.4 is 4.74 Å². The summed E-state index contributed by atoms with van der Waals surface area (Å²) in [6.45, 7) is 4.84. The van der Waals surface area contributed by atoms with Gasteiger partial charge in [0.25, 0.3) is 5.91 Å². The van der Waals surface area contributed by atoms with E-state index in [0.29, 0.717) is 44.9 Å². The SMILES string of the molecule is CC1CCc2cc(C(=O)N3CCOCC3)ccc2OCCC1=O. The van der Waals surface area contributed by atoms with Crippen LogP contribution in [0.25, 0.3) is 0 Å². The van der Waals surface area contributed by atoms with Crippen LogP contribution in [0.4, 0.5) is 0 Å². The molecule has 0 aliphatic carbocycles. The van der Waals surface area contributed by atoms with Gasteiger partial charge in [0, 0.05) is 31.0 Å². The van der Waals surface area contributed by atoms with Crippen molar-refractivity contribution in [3.63, 3.8) is 0 Å². The molecule has 0 saturated carbocycles. The third-order valence-corrected chi connectivity index (χ3v) is 4.61. The van der Waals surface area contributed by atoms with E-state index in [2.05, 4.69) is 0 Å². The van der Waals surface area contributed by atoms with Gasteiger partial charge in [-0.05, 0) is 36.6 Å². The molecule has 1 aromatic carbocycles. The Morgan fingerprint density at radius 3 is 2.74 bits per heavy atom. The van der Waals surface area contributed by atoms with Crippen LogP contribution in [0.1, 0.15) is 35.7 Å². The predicted molar refractivity (Wildman–Crippen MR) is 85.8 cm³/mol. The second kappa shape index (κ2) is 7.13. The van der Waals surface area contributed by atoms with E-state index >= 15 is 0 Å². The lowest BCUT2D eigenvalue weighted by Gasteiger charge is -2.27. The summed E-state index contributed by atoms with van der Waals surface area (Å²) in [5.74, 6) is 1.14. The molecule has 1 atom stereocenters. The second-order valence-electron chi connectivity index (χ2n) is 6.23. The molecule has 1 fully saturated rings. The highest BCUT2D eigenvalue weighted by Crippen LogP contribution is 2.26. The summed E-state index contributed by atoms with van der Waals surface area (Å²) in [4.78, 5) is 26.3. The maximum atomic E-state index is 12.6. The Morgan fingerprint density at radius 2 is 1.96 bits per heavy atom. The number of nitrogens with zero attached hydrogens (tertiary/aromatic N) is 1. The summed E-state index contributed by atoms with van der Waals surface area (Å²) >= 11 is 0. The highest BCUT2D eigenvalue weighted by molar-refractivity contribution is 5.94. The molecule has 5 nitrogen and oxygen atoms in total. The molecule has 1 saturated heterocycles. The molecule has 124 valence electrons. The van der Waals surface area contributed by atoms with E-state index in [1.54, 1.807) is 0 Å². The highest BCUT2D eigenvalue weighted by Gasteiger charge is 2.21. The van der Waals surface area contributed by atoms with Crippen molar-refractivity contribution in [1.82, 2.24) is 4.90 Å². The minimum atomic E-state index is 0.0418. The van der Waals surface area contributed by atoms with Crippen molar-refractivity contribution < 1.29 is 19.1 Å². The molecule has 1 aromatic rings. The zero-order chi connectivity index (χ0) is 16.2. The lowest BCUT2D eigenvalue weighted by atomic mass is 9.95. The molecule has 2 heterocycles. The number of hydrogen-bond donors (Lipinski definition) is 0. The molecule has 5 heteroatoms. The Bertz CT molecular complexity index is 593. The van der Waals surface area contributed by atoms with Crippen LogP contribution in [-0.4, -0.2) is 49.5 Å². The fourth-order valence-corrected chi connectivity index (χ4v) is 3.04. The molecule has 0 aromatic heterocycles.